The first-order chi connectivity index (χ1) is 11.2. The first kappa shape index (κ1) is 17.4. The van der Waals surface area contributed by atoms with Gasteiger partial charge in [-0.1, -0.05) is 30.3 Å². The molecular weight excluding hydrogens is 296 g/mol. The third-order valence-corrected chi connectivity index (χ3v) is 3.71. The van der Waals surface area contributed by atoms with Crippen molar-refractivity contribution in [3.05, 3.63) is 35.9 Å². The van der Waals surface area contributed by atoms with Gasteiger partial charge in [-0.15, -0.1) is 0 Å². The number of hydrogen-bond donors (Lipinski definition) is 3. The van der Waals surface area contributed by atoms with Gasteiger partial charge in [0, 0.05) is 19.6 Å². The second-order valence-electron chi connectivity index (χ2n) is 5.42. The molecule has 1 atom stereocenters. The molecule has 1 aliphatic rings. The average Bonchev–Trinajstić information content (AvgIpc) is 2.60. The van der Waals surface area contributed by atoms with E-state index in [2.05, 4.69) is 15.5 Å². The summed E-state index contributed by atoms with van der Waals surface area (Å²) < 4.78 is 5.36. The van der Waals surface area contributed by atoms with Gasteiger partial charge in [-0.05, 0) is 5.56 Å². The first-order valence-corrected chi connectivity index (χ1v) is 7.80. The molecule has 0 radical (unpaired) electrons. The minimum Gasteiger partial charge on any atom is -0.379 e. The van der Waals surface area contributed by atoms with Gasteiger partial charge in [-0.3, -0.25) is 14.5 Å². The van der Waals surface area contributed by atoms with Crippen LogP contribution in [0.1, 0.15) is 11.6 Å². The number of nitrogens with two attached hydrogens (primary N) is 1. The molecule has 126 valence electrons. The Labute approximate surface area is 136 Å². The van der Waals surface area contributed by atoms with E-state index in [0.29, 0.717) is 19.8 Å². The van der Waals surface area contributed by atoms with E-state index in [1.165, 1.54) is 0 Å². The number of carbonyl (C=O) groups is 2. The van der Waals surface area contributed by atoms with Gasteiger partial charge in [0.1, 0.15) is 0 Å². The Hall–Kier alpha value is -1.96. The summed E-state index contributed by atoms with van der Waals surface area (Å²) >= 11 is 0. The number of rotatable bonds is 7. The topological polar surface area (TPSA) is 96.7 Å². The van der Waals surface area contributed by atoms with Crippen LogP contribution in [-0.2, 0) is 14.3 Å². The molecule has 0 aliphatic carbocycles. The zero-order valence-electron chi connectivity index (χ0n) is 13.2. The molecule has 7 heteroatoms. The van der Waals surface area contributed by atoms with Crippen molar-refractivity contribution in [2.24, 2.45) is 5.73 Å². The Morgan fingerprint density at radius 3 is 2.52 bits per heavy atom. The van der Waals surface area contributed by atoms with Crippen molar-refractivity contribution in [3.63, 3.8) is 0 Å². The predicted octanol–water partition coefficient (Wildman–Crippen LogP) is -0.749. The molecule has 4 N–H and O–H groups in total. The third-order valence-electron chi connectivity index (χ3n) is 3.71. The quantitative estimate of drug-likeness (QED) is 0.614. The molecule has 7 nitrogen and oxygen atoms in total. The maximum atomic E-state index is 12.1. The van der Waals surface area contributed by atoms with Crippen molar-refractivity contribution in [3.8, 4) is 0 Å². The average molecular weight is 320 g/mol. The van der Waals surface area contributed by atoms with Gasteiger partial charge in [-0.2, -0.15) is 0 Å². The van der Waals surface area contributed by atoms with Crippen LogP contribution in [0.3, 0.4) is 0 Å². The molecule has 1 unspecified atom stereocenters. The Bertz CT molecular complexity index is 503. The van der Waals surface area contributed by atoms with Crippen molar-refractivity contribution in [1.82, 2.24) is 15.5 Å². The molecule has 1 fully saturated rings. The monoisotopic (exact) mass is 320 g/mol. The van der Waals surface area contributed by atoms with E-state index >= 15 is 0 Å². The number of hydrogen-bond acceptors (Lipinski definition) is 5. The number of morpholine rings is 1. The fourth-order valence-electron chi connectivity index (χ4n) is 2.46. The molecule has 0 saturated carbocycles. The number of nitrogens with zero attached hydrogens (tertiary/aromatic N) is 1. The zero-order valence-corrected chi connectivity index (χ0v) is 13.2. The smallest absolute Gasteiger partial charge is 0.239 e. The van der Waals surface area contributed by atoms with Gasteiger partial charge < -0.3 is 21.1 Å². The maximum Gasteiger partial charge on any atom is 0.239 e. The normalized spacial score (nSPS) is 16.6. The summed E-state index contributed by atoms with van der Waals surface area (Å²) in [6.45, 7) is 3.64. The van der Waals surface area contributed by atoms with Crippen LogP contribution in [0, 0.1) is 0 Å². The fraction of sp³-hybridized carbons (Fsp3) is 0.500. The highest BCUT2D eigenvalue weighted by molar-refractivity contribution is 5.85. The van der Waals surface area contributed by atoms with E-state index in [9.17, 15) is 9.59 Å². The lowest BCUT2D eigenvalue weighted by Gasteiger charge is -2.31. The zero-order chi connectivity index (χ0) is 16.5. The van der Waals surface area contributed by atoms with Gasteiger partial charge in [0.2, 0.25) is 11.8 Å². The Balaban J connectivity index is 1.95. The molecule has 0 bridgehead atoms. The lowest BCUT2D eigenvalue weighted by molar-refractivity contribution is -0.125. The lowest BCUT2D eigenvalue weighted by Crippen LogP contribution is -2.45. The summed E-state index contributed by atoms with van der Waals surface area (Å²) in [7, 11) is 0. The maximum absolute atomic E-state index is 12.1. The van der Waals surface area contributed by atoms with Crippen LogP contribution < -0.4 is 16.4 Å². The molecule has 0 aromatic heterocycles. The predicted molar refractivity (Wildman–Crippen MR) is 86.6 cm³/mol. The highest BCUT2D eigenvalue weighted by atomic mass is 16.5. The summed E-state index contributed by atoms with van der Waals surface area (Å²) in [5.41, 5.74) is 6.25. The van der Waals surface area contributed by atoms with E-state index in [4.69, 9.17) is 10.5 Å². The van der Waals surface area contributed by atoms with Gasteiger partial charge in [-0.25, -0.2) is 0 Å². The summed E-state index contributed by atoms with van der Waals surface area (Å²) in [6, 6.07) is 9.69. The van der Waals surface area contributed by atoms with E-state index < -0.39 is 0 Å². The highest BCUT2D eigenvalue weighted by Crippen LogP contribution is 2.15. The van der Waals surface area contributed by atoms with Crippen molar-refractivity contribution >= 4 is 11.8 Å². The number of carbonyl (C=O) groups excluding carboxylic acids is 2. The third kappa shape index (κ3) is 5.97. The van der Waals surface area contributed by atoms with Gasteiger partial charge in [0.25, 0.3) is 0 Å². The summed E-state index contributed by atoms with van der Waals surface area (Å²) in [5.74, 6) is -0.571. The molecule has 23 heavy (non-hydrogen) atoms. The SMILES string of the molecule is NCC(=O)NCC(=O)NC(CN1CCOCC1)c1ccccc1. The van der Waals surface area contributed by atoms with Crippen molar-refractivity contribution in [2.75, 3.05) is 45.9 Å². The van der Waals surface area contributed by atoms with Crippen molar-refractivity contribution in [2.45, 2.75) is 6.04 Å². The second-order valence-corrected chi connectivity index (χ2v) is 5.42. The number of nitrogens with one attached hydrogen (secondary N) is 2. The van der Waals surface area contributed by atoms with E-state index in [0.717, 1.165) is 18.7 Å². The molecule has 0 spiro atoms. The van der Waals surface area contributed by atoms with Crippen LogP contribution in [0.4, 0.5) is 0 Å². The molecule has 2 amide bonds. The van der Waals surface area contributed by atoms with Crippen LogP contribution in [0.2, 0.25) is 0 Å². The molecular formula is C16H24N4O3. The van der Waals surface area contributed by atoms with Crippen LogP contribution in [-0.4, -0.2) is 62.7 Å². The highest BCUT2D eigenvalue weighted by Gasteiger charge is 2.20. The van der Waals surface area contributed by atoms with Gasteiger partial charge >= 0.3 is 0 Å². The van der Waals surface area contributed by atoms with Crippen LogP contribution in [0.15, 0.2) is 30.3 Å². The summed E-state index contributed by atoms with van der Waals surface area (Å²) in [5, 5.41) is 5.47. The first-order valence-electron chi connectivity index (χ1n) is 7.80. The van der Waals surface area contributed by atoms with E-state index in [1.807, 2.05) is 30.3 Å². The number of ether oxygens (including phenoxy) is 1. The van der Waals surface area contributed by atoms with Crippen LogP contribution in [0.5, 0.6) is 0 Å². The molecule has 1 heterocycles. The Morgan fingerprint density at radius 1 is 1.17 bits per heavy atom. The van der Waals surface area contributed by atoms with Crippen molar-refractivity contribution < 1.29 is 14.3 Å². The molecule has 2 rings (SSSR count). The minimum absolute atomic E-state index is 0.0670. The van der Waals surface area contributed by atoms with Crippen LogP contribution in [0.25, 0.3) is 0 Å². The fourth-order valence-corrected chi connectivity index (χ4v) is 2.46. The number of benzene rings is 1. The lowest BCUT2D eigenvalue weighted by atomic mass is 10.1. The Kier molecular flexibility index (Phi) is 6.99. The van der Waals surface area contributed by atoms with Gasteiger partial charge in [0.05, 0.1) is 32.3 Å². The van der Waals surface area contributed by atoms with E-state index in [1.54, 1.807) is 0 Å². The van der Waals surface area contributed by atoms with Crippen molar-refractivity contribution in [1.29, 1.82) is 0 Å². The molecule has 1 aromatic carbocycles. The number of amides is 2. The minimum atomic E-state index is -0.343. The molecule has 1 aliphatic heterocycles. The van der Waals surface area contributed by atoms with E-state index in [-0.39, 0.29) is 30.9 Å². The second kappa shape index (κ2) is 9.24. The Morgan fingerprint density at radius 2 is 1.87 bits per heavy atom. The summed E-state index contributed by atoms with van der Waals surface area (Å²) in [6.07, 6.45) is 0. The standard InChI is InChI=1S/C16H24N4O3/c17-10-15(21)18-11-16(22)19-14(13-4-2-1-3-5-13)12-20-6-8-23-9-7-20/h1-5,14H,6-12,17H2,(H,18,21)(H,19,22). The molecule has 1 saturated heterocycles. The largest absolute Gasteiger partial charge is 0.379 e. The summed E-state index contributed by atoms with van der Waals surface area (Å²) in [4.78, 5) is 25.5. The van der Waals surface area contributed by atoms with Gasteiger partial charge in [0.15, 0.2) is 0 Å². The van der Waals surface area contributed by atoms with Crippen LogP contribution >= 0.6 is 0 Å². The molecule has 1 aromatic rings.